The molecule has 7 fully saturated rings. The molecule has 0 unspecified atom stereocenters. The van der Waals surface area contributed by atoms with E-state index in [9.17, 15) is 15.3 Å². The summed E-state index contributed by atoms with van der Waals surface area (Å²) in [4.78, 5) is 0. The van der Waals surface area contributed by atoms with Crippen LogP contribution in [0.4, 0.5) is 0 Å². The lowest BCUT2D eigenvalue weighted by Gasteiger charge is -2.61. The highest BCUT2D eigenvalue weighted by molar-refractivity contribution is 5.20. The van der Waals surface area contributed by atoms with E-state index in [4.69, 9.17) is 37.9 Å². The Morgan fingerprint density at radius 3 is 2.35 bits per heavy atom. The minimum atomic E-state index is -1.19. The van der Waals surface area contributed by atoms with Crippen molar-refractivity contribution in [1.82, 2.24) is 0 Å². The SMILES string of the molecule is C=CC/C=C\C=C\[C@H]1O[C@H]2C[C@H]3O[C@H]4CC[C@H]5O[C@H]6C[C@@]7(C)O[C@@]8(C)[C@@H](O)C[C@H](CCCO)O[C@@H]8C[C@@H]7O[C@@H]6C[C@@H]5O[C@]4(C)C[C@]3(C)O[C@@H]2C=C[C@]1(C)O. The van der Waals surface area contributed by atoms with Gasteiger partial charge < -0.3 is 53.2 Å². The number of fused-ring (bicyclic) bond motifs is 7. The molecule has 8 aliphatic heterocycles. The Labute approximate surface area is 321 Å². The zero-order valence-corrected chi connectivity index (χ0v) is 32.8. The Morgan fingerprint density at radius 2 is 1.56 bits per heavy atom. The van der Waals surface area contributed by atoms with Gasteiger partial charge in [0.25, 0.3) is 0 Å². The minimum absolute atomic E-state index is 0.104. The lowest BCUT2D eigenvalue weighted by molar-refractivity contribution is -0.369. The van der Waals surface area contributed by atoms with Crippen LogP contribution in [0.1, 0.15) is 105 Å². The fraction of sp³-hybridized carbons (Fsp3) is 0.814. The highest BCUT2D eigenvalue weighted by Crippen LogP contribution is 2.54. The van der Waals surface area contributed by atoms with E-state index >= 15 is 0 Å². The van der Waals surface area contributed by atoms with Crippen molar-refractivity contribution in [3.63, 3.8) is 0 Å². The van der Waals surface area contributed by atoms with Crippen LogP contribution in [-0.4, -0.2) is 129 Å². The molecule has 302 valence electrons. The van der Waals surface area contributed by atoms with Crippen molar-refractivity contribution in [1.29, 1.82) is 0 Å². The van der Waals surface area contributed by atoms with Gasteiger partial charge in [-0.1, -0.05) is 42.5 Å². The molecule has 11 nitrogen and oxygen atoms in total. The average Bonchev–Trinajstić information content (AvgIpc) is 3.31. The van der Waals surface area contributed by atoms with Gasteiger partial charge in [0.15, 0.2) is 0 Å². The summed E-state index contributed by atoms with van der Waals surface area (Å²) in [5.41, 5.74) is -3.89. The predicted octanol–water partition coefficient (Wildman–Crippen LogP) is 4.94. The van der Waals surface area contributed by atoms with Crippen molar-refractivity contribution >= 4 is 0 Å². The van der Waals surface area contributed by atoms with Gasteiger partial charge in [-0.2, -0.15) is 0 Å². The van der Waals surface area contributed by atoms with Crippen LogP contribution in [-0.2, 0) is 37.9 Å². The first-order chi connectivity index (χ1) is 25.7. The third-order valence-electron chi connectivity index (χ3n) is 14.1. The highest BCUT2D eigenvalue weighted by Gasteiger charge is 2.64. The number of hydrogen-bond donors (Lipinski definition) is 3. The standard InChI is InChI=1S/C43H64O11/c1-7-8-9-10-11-14-34-39(2,46)18-17-28-30(49-34)22-36-42(5,52-28)25-41(4)35(51-36)16-15-27-31(53-41)21-29-32(48-27)24-40(3)37(50-29)23-38-43(6,54-40)33(45)20-26(47-38)13-12-19-44/h7,9-11,14,17-18,26-38,44-46H,1,8,12-13,15-16,19-25H2,2-6H3/b10-9-,14-11+/t26-,27+,28+,29+,30-,31-,32-,33-,34+,35-,36+,37-,38+,39-,40+,41+,42-,43-/m0/s1. The maximum absolute atomic E-state index is 11.3. The molecule has 0 spiro atoms. The molecule has 54 heavy (non-hydrogen) atoms. The molecule has 3 N–H and O–H groups in total. The molecular weight excluding hydrogens is 692 g/mol. The zero-order chi connectivity index (χ0) is 38.1. The second kappa shape index (κ2) is 14.7. The van der Waals surface area contributed by atoms with Crippen LogP contribution in [0, 0.1) is 0 Å². The van der Waals surface area contributed by atoms with E-state index in [1.54, 1.807) is 6.92 Å². The Morgan fingerprint density at radius 1 is 0.759 bits per heavy atom. The molecule has 7 saturated heterocycles. The number of hydrogen-bond acceptors (Lipinski definition) is 11. The van der Waals surface area contributed by atoms with Crippen molar-refractivity contribution in [2.45, 2.75) is 213 Å². The van der Waals surface area contributed by atoms with E-state index in [2.05, 4.69) is 27.4 Å². The summed E-state index contributed by atoms with van der Waals surface area (Å²) in [6.07, 6.45) is 17.5. The first kappa shape index (κ1) is 39.4. The zero-order valence-electron chi connectivity index (χ0n) is 32.8. The molecule has 0 saturated carbocycles. The van der Waals surface area contributed by atoms with Crippen LogP contribution in [0.5, 0.6) is 0 Å². The van der Waals surface area contributed by atoms with Crippen LogP contribution in [0.25, 0.3) is 0 Å². The molecule has 0 aliphatic carbocycles. The second-order valence-electron chi connectivity index (χ2n) is 18.5. The number of allylic oxidation sites excluding steroid dienone is 4. The Kier molecular flexibility index (Phi) is 10.7. The van der Waals surface area contributed by atoms with Crippen LogP contribution < -0.4 is 0 Å². The van der Waals surface area contributed by atoms with Gasteiger partial charge in [-0.05, 0) is 66.7 Å². The summed E-state index contributed by atoms with van der Waals surface area (Å²) in [6, 6.07) is 0. The van der Waals surface area contributed by atoms with Crippen LogP contribution in [0.15, 0.2) is 49.1 Å². The first-order valence-corrected chi connectivity index (χ1v) is 20.6. The molecule has 0 aromatic rings. The molecule has 0 aromatic carbocycles. The predicted molar refractivity (Wildman–Crippen MR) is 200 cm³/mol. The third kappa shape index (κ3) is 7.16. The summed E-state index contributed by atoms with van der Waals surface area (Å²) in [6.45, 7) is 14.0. The van der Waals surface area contributed by atoms with Crippen molar-refractivity contribution in [2.24, 2.45) is 0 Å². The van der Waals surface area contributed by atoms with Gasteiger partial charge in [-0.3, -0.25) is 0 Å². The fourth-order valence-corrected chi connectivity index (χ4v) is 11.1. The molecule has 8 aliphatic rings. The smallest absolute Gasteiger partial charge is 0.118 e. The van der Waals surface area contributed by atoms with Crippen molar-refractivity contribution in [3.05, 3.63) is 49.1 Å². The van der Waals surface area contributed by atoms with Crippen LogP contribution in [0.2, 0.25) is 0 Å². The van der Waals surface area contributed by atoms with Gasteiger partial charge in [-0.25, -0.2) is 0 Å². The summed E-state index contributed by atoms with van der Waals surface area (Å²) in [5.74, 6) is 0. The Balaban J connectivity index is 0.950. The van der Waals surface area contributed by atoms with E-state index in [0.717, 1.165) is 19.3 Å². The number of aliphatic hydroxyl groups excluding tert-OH is 2. The van der Waals surface area contributed by atoms with Crippen molar-refractivity contribution in [3.8, 4) is 0 Å². The molecule has 8 rings (SSSR count). The number of rotatable bonds is 7. The fourth-order valence-electron chi connectivity index (χ4n) is 11.1. The van der Waals surface area contributed by atoms with Gasteiger partial charge >= 0.3 is 0 Å². The molecule has 0 bridgehead atoms. The second-order valence-corrected chi connectivity index (χ2v) is 18.5. The quantitative estimate of drug-likeness (QED) is 0.241. The molecule has 0 amide bonds. The lowest BCUT2D eigenvalue weighted by Crippen LogP contribution is -2.72. The summed E-state index contributed by atoms with van der Waals surface area (Å²) >= 11 is 0. The topological polar surface area (TPSA) is 135 Å². The number of ether oxygens (including phenoxy) is 8. The van der Waals surface area contributed by atoms with E-state index in [1.807, 2.05) is 49.5 Å². The number of aliphatic hydroxyl groups is 3. The summed E-state index contributed by atoms with van der Waals surface area (Å²) in [7, 11) is 0. The van der Waals surface area contributed by atoms with Gasteiger partial charge in [0.1, 0.15) is 23.4 Å². The molecule has 11 heteroatoms. The summed E-state index contributed by atoms with van der Waals surface area (Å²) < 4.78 is 54.9. The van der Waals surface area contributed by atoms with Crippen molar-refractivity contribution < 1.29 is 53.2 Å². The van der Waals surface area contributed by atoms with Gasteiger partial charge in [0, 0.05) is 45.1 Å². The van der Waals surface area contributed by atoms with Crippen molar-refractivity contribution in [2.75, 3.05) is 6.61 Å². The Hall–Kier alpha value is -1.48. The molecule has 18 atom stereocenters. The molecule has 0 radical (unpaired) electrons. The van der Waals surface area contributed by atoms with Gasteiger partial charge in [0.05, 0.1) is 83.9 Å². The minimum Gasteiger partial charge on any atom is -0.396 e. The van der Waals surface area contributed by atoms with Gasteiger partial charge in [0.2, 0.25) is 0 Å². The van der Waals surface area contributed by atoms with Crippen LogP contribution >= 0.6 is 0 Å². The maximum Gasteiger partial charge on any atom is 0.118 e. The largest absolute Gasteiger partial charge is 0.396 e. The van der Waals surface area contributed by atoms with E-state index < -0.39 is 40.2 Å². The lowest BCUT2D eigenvalue weighted by atomic mass is 9.72. The maximum atomic E-state index is 11.3. The average molecular weight is 757 g/mol. The molecule has 0 aromatic heterocycles. The summed E-state index contributed by atoms with van der Waals surface area (Å²) in [5, 5.41) is 32.1. The van der Waals surface area contributed by atoms with Crippen LogP contribution in [0.3, 0.4) is 0 Å². The van der Waals surface area contributed by atoms with E-state index in [1.165, 1.54) is 0 Å². The monoisotopic (exact) mass is 756 g/mol. The molecular formula is C43H64O11. The van der Waals surface area contributed by atoms with Gasteiger partial charge in [-0.15, -0.1) is 6.58 Å². The highest BCUT2D eigenvalue weighted by atomic mass is 16.6. The normalized spacial score (nSPS) is 54.2. The third-order valence-corrected chi connectivity index (χ3v) is 14.1. The first-order valence-electron chi connectivity index (χ1n) is 20.6. The van der Waals surface area contributed by atoms with E-state index in [-0.39, 0.29) is 73.8 Å². The molecule has 8 heterocycles. The Bertz CT molecular complexity index is 1460. The van der Waals surface area contributed by atoms with E-state index in [0.29, 0.717) is 51.4 Å².